The van der Waals surface area contributed by atoms with E-state index in [1.54, 1.807) is 0 Å². The van der Waals surface area contributed by atoms with Crippen LogP contribution in [0.5, 0.6) is 0 Å². The van der Waals surface area contributed by atoms with E-state index in [0.717, 1.165) is 19.3 Å². The van der Waals surface area contributed by atoms with Crippen LogP contribution in [0.25, 0.3) is 0 Å². The van der Waals surface area contributed by atoms with E-state index in [2.05, 4.69) is 6.92 Å². The Hall–Kier alpha value is -0.810. The summed E-state index contributed by atoms with van der Waals surface area (Å²) >= 11 is 0. The van der Waals surface area contributed by atoms with Gasteiger partial charge >= 0.3 is 0 Å². The van der Waals surface area contributed by atoms with Gasteiger partial charge in [-0.3, -0.25) is 0 Å². The predicted octanol–water partition coefficient (Wildman–Crippen LogP) is 2.02. The standard InChI is InChI=1S/C9H13NO/c1-2-8-9(11-8)6-4-3-5-7-10/h3,5,8-9H,2,4,6H2,1H3/b5-3+. The Morgan fingerprint density at radius 1 is 1.55 bits per heavy atom. The van der Waals surface area contributed by atoms with Crippen LogP contribution >= 0.6 is 0 Å². The van der Waals surface area contributed by atoms with Crippen molar-refractivity contribution in [3.05, 3.63) is 12.2 Å². The molecular weight excluding hydrogens is 138 g/mol. The van der Waals surface area contributed by atoms with Gasteiger partial charge in [-0.05, 0) is 19.3 Å². The average Bonchev–Trinajstić information content (AvgIpc) is 2.77. The van der Waals surface area contributed by atoms with Crippen molar-refractivity contribution in [1.29, 1.82) is 5.26 Å². The minimum absolute atomic E-state index is 0.475. The summed E-state index contributed by atoms with van der Waals surface area (Å²) in [6.45, 7) is 2.13. The van der Waals surface area contributed by atoms with Crippen molar-refractivity contribution >= 4 is 0 Å². The van der Waals surface area contributed by atoms with Crippen LogP contribution in [0.2, 0.25) is 0 Å². The highest BCUT2D eigenvalue weighted by molar-refractivity contribution is 5.02. The number of hydrogen-bond donors (Lipinski definition) is 0. The molecule has 2 unspecified atom stereocenters. The Bertz CT molecular complexity index is 180. The van der Waals surface area contributed by atoms with Gasteiger partial charge < -0.3 is 4.74 Å². The quantitative estimate of drug-likeness (QED) is 0.455. The van der Waals surface area contributed by atoms with Gasteiger partial charge in [0.25, 0.3) is 0 Å². The van der Waals surface area contributed by atoms with Gasteiger partial charge in [0.1, 0.15) is 0 Å². The summed E-state index contributed by atoms with van der Waals surface area (Å²) in [6.07, 6.45) is 7.56. The molecule has 1 aliphatic rings. The lowest BCUT2D eigenvalue weighted by Crippen LogP contribution is -1.90. The van der Waals surface area contributed by atoms with Crippen LogP contribution in [-0.2, 0) is 4.74 Å². The molecule has 0 N–H and O–H groups in total. The topological polar surface area (TPSA) is 36.3 Å². The molecule has 0 radical (unpaired) electrons. The summed E-state index contributed by atoms with van der Waals surface area (Å²) in [4.78, 5) is 0. The van der Waals surface area contributed by atoms with Crippen molar-refractivity contribution in [3.8, 4) is 6.07 Å². The summed E-state index contributed by atoms with van der Waals surface area (Å²) < 4.78 is 5.33. The van der Waals surface area contributed by atoms with E-state index >= 15 is 0 Å². The molecule has 0 amide bonds. The van der Waals surface area contributed by atoms with Crippen molar-refractivity contribution in [3.63, 3.8) is 0 Å². The summed E-state index contributed by atoms with van der Waals surface area (Å²) in [6, 6.07) is 1.97. The first kappa shape index (κ1) is 8.29. The van der Waals surface area contributed by atoms with Gasteiger partial charge in [0, 0.05) is 6.08 Å². The third-order valence-corrected chi connectivity index (χ3v) is 1.90. The molecule has 2 nitrogen and oxygen atoms in total. The number of nitriles is 1. The van der Waals surface area contributed by atoms with Gasteiger partial charge in [0.15, 0.2) is 0 Å². The minimum Gasteiger partial charge on any atom is -0.370 e. The number of ether oxygens (including phenoxy) is 1. The summed E-state index contributed by atoms with van der Waals surface area (Å²) in [7, 11) is 0. The summed E-state index contributed by atoms with van der Waals surface area (Å²) in [5, 5.41) is 8.18. The lowest BCUT2D eigenvalue weighted by atomic mass is 10.1. The van der Waals surface area contributed by atoms with E-state index in [1.807, 2.05) is 12.1 Å². The molecule has 0 aromatic carbocycles. The van der Waals surface area contributed by atoms with Gasteiger partial charge in [0.2, 0.25) is 0 Å². The monoisotopic (exact) mass is 151 g/mol. The SMILES string of the molecule is CCC1OC1CC/C=C/C#N. The molecule has 0 spiro atoms. The van der Waals surface area contributed by atoms with Crippen LogP contribution in [0.3, 0.4) is 0 Å². The maximum Gasteiger partial charge on any atom is 0.0908 e. The fraction of sp³-hybridized carbons (Fsp3) is 0.667. The Morgan fingerprint density at radius 3 is 2.91 bits per heavy atom. The molecule has 0 aromatic rings. The van der Waals surface area contributed by atoms with Crippen LogP contribution in [0, 0.1) is 11.3 Å². The zero-order valence-corrected chi connectivity index (χ0v) is 6.79. The molecule has 1 saturated heterocycles. The zero-order chi connectivity index (χ0) is 8.10. The number of rotatable bonds is 4. The molecule has 0 bridgehead atoms. The van der Waals surface area contributed by atoms with Crippen molar-refractivity contribution in [1.82, 2.24) is 0 Å². The number of allylic oxidation sites excluding steroid dienone is 2. The molecule has 2 atom stereocenters. The van der Waals surface area contributed by atoms with E-state index in [0.29, 0.717) is 12.2 Å². The fourth-order valence-corrected chi connectivity index (χ4v) is 1.19. The van der Waals surface area contributed by atoms with E-state index in [4.69, 9.17) is 10.00 Å². The van der Waals surface area contributed by atoms with Crippen LogP contribution in [0.15, 0.2) is 12.2 Å². The second-order valence-electron chi connectivity index (χ2n) is 2.73. The number of hydrogen-bond acceptors (Lipinski definition) is 2. The van der Waals surface area contributed by atoms with Gasteiger partial charge in [-0.2, -0.15) is 5.26 Å². The van der Waals surface area contributed by atoms with Crippen molar-refractivity contribution in [2.75, 3.05) is 0 Å². The van der Waals surface area contributed by atoms with Gasteiger partial charge in [0.05, 0.1) is 18.3 Å². The van der Waals surface area contributed by atoms with E-state index < -0.39 is 0 Å². The Balaban J connectivity index is 1.98. The molecule has 0 saturated carbocycles. The summed E-state index contributed by atoms with van der Waals surface area (Å²) in [5.41, 5.74) is 0. The largest absolute Gasteiger partial charge is 0.370 e. The highest BCUT2D eigenvalue weighted by Gasteiger charge is 2.35. The average molecular weight is 151 g/mol. The molecule has 11 heavy (non-hydrogen) atoms. The second kappa shape index (κ2) is 4.15. The maximum absolute atomic E-state index is 8.18. The normalized spacial score (nSPS) is 28.7. The molecule has 0 aromatic heterocycles. The van der Waals surface area contributed by atoms with Gasteiger partial charge in [-0.25, -0.2) is 0 Å². The zero-order valence-electron chi connectivity index (χ0n) is 6.79. The highest BCUT2D eigenvalue weighted by atomic mass is 16.6. The first-order valence-corrected chi connectivity index (χ1v) is 4.08. The molecule has 1 aliphatic heterocycles. The Morgan fingerprint density at radius 2 is 2.36 bits per heavy atom. The van der Waals surface area contributed by atoms with Gasteiger partial charge in [-0.1, -0.05) is 13.0 Å². The van der Waals surface area contributed by atoms with E-state index in [9.17, 15) is 0 Å². The lowest BCUT2D eigenvalue weighted by molar-refractivity contribution is 0.360. The molecule has 1 heterocycles. The van der Waals surface area contributed by atoms with Crippen LogP contribution in [0.4, 0.5) is 0 Å². The molecule has 0 aliphatic carbocycles. The van der Waals surface area contributed by atoms with Crippen molar-refractivity contribution in [2.45, 2.75) is 38.4 Å². The Kier molecular flexibility index (Phi) is 3.13. The molecular formula is C9H13NO. The molecule has 1 rings (SSSR count). The minimum atomic E-state index is 0.475. The van der Waals surface area contributed by atoms with E-state index in [-0.39, 0.29) is 0 Å². The van der Waals surface area contributed by atoms with Crippen LogP contribution in [0.1, 0.15) is 26.2 Å². The lowest BCUT2D eigenvalue weighted by Gasteiger charge is -1.86. The van der Waals surface area contributed by atoms with Crippen molar-refractivity contribution in [2.24, 2.45) is 0 Å². The van der Waals surface area contributed by atoms with Crippen molar-refractivity contribution < 1.29 is 4.74 Å². The smallest absolute Gasteiger partial charge is 0.0908 e. The van der Waals surface area contributed by atoms with Gasteiger partial charge in [-0.15, -0.1) is 0 Å². The predicted molar refractivity (Wildman–Crippen MR) is 42.9 cm³/mol. The third-order valence-electron chi connectivity index (χ3n) is 1.90. The Labute approximate surface area is 67.5 Å². The van der Waals surface area contributed by atoms with Crippen LogP contribution in [-0.4, -0.2) is 12.2 Å². The number of epoxide rings is 1. The molecule has 1 fully saturated rings. The summed E-state index contributed by atoms with van der Waals surface area (Å²) in [5.74, 6) is 0. The maximum atomic E-state index is 8.18. The van der Waals surface area contributed by atoms with E-state index in [1.165, 1.54) is 6.08 Å². The second-order valence-corrected chi connectivity index (χ2v) is 2.73. The highest BCUT2D eigenvalue weighted by Crippen LogP contribution is 2.28. The number of nitrogens with zero attached hydrogens (tertiary/aromatic N) is 1. The van der Waals surface area contributed by atoms with Crippen LogP contribution < -0.4 is 0 Å². The first-order valence-electron chi connectivity index (χ1n) is 4.08. The fourth-order valence-electron chi connectivity index (χ4n) is 1.19. The molecule has 2 heteroatoms. The third kappa shape index (κ3) is 2.73. The first-order chi connectivity index (χ1) is 5.38. The molecule has 60 valence electrons.